The summed E-state index contributed by atoms with van der Waals surface area (Å²) in [6.07, 6.45) is 0. The molecule has 0 saturated heterocycles. The van der Waals surface area contributed by atoms with Gasteiger partial charge in [0.15, 0.2) is 0 Å². The number of hydrogen-bond acceptors (Lipinski definition) is 4. The molecule has 0 radical (unpaired) electrons. The molecular formula is C12H15NO5. The van der Waals surface area contributed by atoms with Crippen molar-refractivity contribution in [3.63, 3.8) is 0 Å². The van der Waals surface area contributed by atoms with Crippen molar-refractivity contribution < 1.29 is 24.5 Å². The first-order chi connectivity index (χ1) is 8.45. The lowest BCUT2D eigenvalue weighted by molar-refractivity contribution is -0.140. The predicted octanol–water partition coefficient (Wildman–Crippen LogP) is 0.851. The van der Waals surface area contributed by atoms with Crippen LogP contribution in [0.25, 0.3) is 0 Å². The zero-order chi connectivity index (χ0) is 13.7. The Labute approximate surface area is 104 Å². The number of aromatic hydroxyl groups is 1. The monoisotopic (exact) mass is 253 g/mol. The van der Waals surface area contributed by atoms with Crippen LogP contribution in [0.1, 0.15) is 17.3 Å². The van der Waals surface area contributed by atoms with Gasteiger partial charge >= 0.3 is 5.97 Å². The lowest BCUT2D eigenvalue weighted by Gasteiger charge is -2.10. The van der Waals surface area contributed by atoms with E-state index in [4.69, 9.17) is 9.84 Å². The summed E-state index contributed by atoms with van der Waals surface area (Å²) in [6.45, 7) is 1.47. The smallest absolute Gasteiger partial charge is 0.308 e. The predicted molar refractivity (Wildman–Crippen MR) is 63.8 cm³/mol. The maximum atomic E-state index is 11.7. The lowest BCUT2D eigenvalue weighted by Crippen LogP contribution is -2.31. The van der Waals surface area contributed by atoms with Crippen LogP contribution < -0.4 is 10.1 Å². The minimum absolute atomic E-state index is 0.00911. The molecule has 1 aromatic carbocycles. The summed E-state index contributed by atoms with van der Waals surface area (Å²) in [7, 11) is 1.45. The van der Waals surface area contributed by atoms with E-state index >= 15 is 0 Å². The van der Waals surface area contributed by atoms with Gasteiger partial charge in [-0.25, -0.2) is 0 Å². The van der Waals surface area contributed by atoms with Gasteiger partial charge in [-0.05, 0) is 18.2 Å². The summed E-state index contributed by atoms with van der Waals surface area (Å²) < 4.78 is 4.94. The summed E-state index contributed by atoms with van der Waals surface area (Å²) in [4.78, 5) is 22.3. The van der Waals surface area contributed by atoms with Crippen LogP contribution in [0.3, 0.4) is 0 Å². The number of phenols is 1. The highest BCUT2D eigenvalue weighted by molar-refractivity contribution is 5.97. The van der Waals surface area contributed by atoms with Crippen molar-refractivity contribution in [3.05, 3.63) is 23.8 Å². The van der Waals surface area contributed by atoms with Gasteiger partial charge in [0.2, 0.25) is 0 Å². The zero-order valence-electron chi connectivity index (χ0n) is 10.1. The number of ether oxygens (including phenoxy) is 1. The molecular weight excluding hydrogens is 238 g/mol. The maximum Gasteiger partial charge on any atom is 0.308 e. The van der Waals surface area contributed by atoms with Crippen molar-refractivity contribution in [2.75, 3.05) is 13.7 Å². The van der Waals surface area contributed by atoms with E-state index in [1.165, 1.54) is 32.2 Å². The first-order valence-corrected chi connectivity index (χ1v) is 5.33. The van der Waals surface area contributed by atoms with Gasteiger partial charge in [0.25, 0.3) is 5.91 Å². The number of rotatable bonds is 5. The number of phenolic OH excluding ortho intramolecular Hbond substituents is 1. The third-order valence-corrected chi connectivity index (χ3v) is 2.44. The molecule has 18 heavy (non-hydrogen) atoms. The molecule has 98 valence electrons. The van der Waals surface area contributed by atoms with Crippen molar-refractivity contribution in [2.24, 2.45) is 5.92 Å². The Hall–Kier alpha value is -2.24. The SMILES string of the molecule is COc1ccc(O)c(C(=O)NCC(C)C(=O)O)c1. The lowest BCUT2D eigenvalue weighted by atomic mass is 10.1. The normalized spacial score (nSPS) is 11.7. The molecule has 0 fully saturated rings. The second-order valence-corrected chi connectivity index (χ2v) is 3.83. The van der Waals surface area contributed by atoms with E-state index in [1.807, 2.05) is 0 Å². The number of carboxylic acid groups (broad SMARTS) is 1. The Balaban J connectivity index is 2.75. The van der Waals surface area contributed by atoms with E-state index in [0.717, 1.165) is 0 Å². The zero-order valence-corrected chi connectivity index (χ0v) is 10.1. The number of carboxylic acids is 1. The molecule has 0 bridgehead atoms. The first kappa shape index (κ1) is 13.8. The summed E-state index contributed by atoms with van der Waals surface area (Å²) in [5.74, 6) is -1.98. The third-order valence-electron chi connectivity index (χ3n) is 2.44. The fourth-order valence-corrected chi connectivity index (χ4v) is 1.25. The second kappa shape index (κ2) is 5.90. The van der Waals surface area contributed by atoms with Crippen molar-refractivity contribution in [1.29, 1.82) is 0 Å². The molecule has 0 heterocycles. The van der Waals surface area contributed by atoms with E-state index in [0.29, 0.717) is 5.75 Å². The minimum Gasteiger partial charge on any atom is -0.507 e. The molecule has 1 unspecified atom stereocenters. The van der Waals surface area contributed by atoms with Crippen molar-refractivity contribution in [1.82, 2.24) is 5.32 Å². The van der Waals surface area contributed by atoms with Gasteiger partial charge in [-0.3, -0.25) is 9.59 Å². The van der Waals surface area contributed by atoms with Crippen LogP contribution >= 0.6 is 0 Å². The van der Waals surface area contributed by atoms with Crippen molar-refractivity contribution >= 4 is 11.9 Å². The Morgan fingerprint density at radius 1 is 1.44 bits per heavy atom. The molecule has 0 aromatic heterocycles. The average molecular weight is 253 g/mol. The third kappa shape index (κ3) is 3.38. The molecule has 1 amide bonds. The maximum absolute atomic E-state index is 11.7. The number of nitrogens with one attached hydrogen (secondary N) is 1. The molecule has 1 aromatic rings. The molecule has 6 nitrogen and oxygen atoms in total. The number of methoxy groups -OCH3 is 1. The van der Waals surface area contributed by atoms with Gasteiger partial charge in [-0.2, -0.15) is 0 Å². The topological polar surface area (TPSA) is 95.9 Å². The highest BCUT2D eigenvalue weighted by Crippen LogP contribution is 2.22. The molecule has 1 atom stereocenters. The van der Waals surface area contributed by atoms with Crippen LogP contribution in [0.5, 0.6) is 11.5 Å². The Bertz CT molecular complexity index is 458. The number of benzene rings is 1. The summed E-state index contributed by atoms with van der Waals surface area (Å²) in [5.41, 5.74) is 0.0481. The van der Waals surface area contributed by atoms with Gasteiger partial charge in [0.1, 0.15) is 11.5 Å². The van der Waals surface area contributed by atoms with E-state index in [1.54, 1.807) is 0 Å². The van der Waals surface area contributed by atoms with Crippen molar-refractivity contribution in [3.8, 4) is 11.5 Å². The highest BCUT2D eigenvalue weighted by atomic mass is 16.5. The standard InChI is InChI=1S/C12H15NO5/c1-7(12(16)17)6-13-11(15)9-5-8(18-2)3-4-10(9)14/h3-5,7,14H,6H2,1-2H3,(H,13,15)(H,16,17). The number of aliphatic carboxylic acids is 1. The van der Waals surface area contributed by atoms with Gasteiger partial charge in [-0.1, -0.05) is 6.92 Å². The molecule has 0 aliphatic heterocycles. The second-order valence-electron chi connectivity index (χ2n) is 3.83. The summed E-state index contributed by atoms with van der Waals surface area (Å²) in [5, 5.41) is 20.7. The van der Waals surface area contributed by atoms with Crippen LogP contribution in [-0.2, 0) is 4.79 Å². The quantitative estimate of drug-likeness (QED) is 0.723. The van der Waals surface area contributed by atoms with Gasteiger partial charge < -0.3 is 20.3 Å². The molecule has 6 heteroatoms. The number of hydrogen-bond donors (Lipinski definition) is 3. The molecule has 3 N–H and O–H groups in total. The van der Waals surface area contributed by atoms with E-state index < -0.39 is 17.8 Å². The summed E-state index contributed by atoms with van der Waals surface area (Å²) in [6, 6.07) is 4.25. The molecule has 0 spiro atoms. The van der Waals surface area contributed by atoms with E-state index in [-0.39, 0.29) is 17.9 Å². The number of amides is 1. The fraction of sp³-hybridized carbons (Fsp3) is 0.333. The Morgan fingerprint density at radius 2 is 2.11 bits per heavy atom. The summed E-state index contributed by atoms with van der Waals surface area (Å²) >= 11 is 0. The van der Waals surface area contributed by atoms with Gasteiger partial charge in [0.05, 0.1) is 18.6 Å². The molecule has 0 aliphatic carbocycles. The van der Waals surface area contributed by atoms with Crippen LogP contribution in [0.2, 0.25) is 0 Å². The van der Waals surface area contributed by atoms with Crippen LogP contribution in [0.15, 0.2) is 18.2 Å². The largest absolute Gasteiger partial charge is 0.507 e. The minimum atomic E-state index is -0.995. The molecule has 1 rings (SSSR count). The molecule has 0 saturated carbocycles. The molecule has 0 aliphatic rings. The van der Waals surface area contributed by atoms with Gasteiger partial charge in [0, 0.05) is 6.54 Å². The average Bonchev–Trinajstić information content (AvgIpc) is 2.35. The number of carbonyl (C=O) groups is 2. The van der Waals surface area contributed by atoms with Crippen LogP contribution in [0, 0.1) is 5.92 Å². The van der Waals surface area contributed by atoms with Crippen LogP contribution in [-0.4, -0.2) is 35.7 Å². The van der Waals surface area contributed by atoms with Crippen molar-refractivity contribution in [2.45, 2.75) is 6.92 Å². The fourth-order valence-electron chi connectivity index (χ4n) is 1.25. The number of carbonyl (C=O) groups excluding carboxylic acids is 1. The van der Waals surface area contributed by atoms with Crippen LogP contribution in [0.4, 0.5) is 0 Å². The van der Waals surface area contributed by atoms with Gasteiger partial charge in [-0.15, -0.1) is 0 Å². The van der Waals surface area contributed by atoms with E-state index in [2.05, 4.69) is 5.32 Å². The van der Waals surface area contributed by atoms with E-state index in [9.17, 15) is 14.7 Å². The Kier molecular flexibility index (Phi) is 4.53. The first-order valence-electron chi connectivity index (χ1n) is 5.33. The Morgan fingerprint density at radius 3 is 2.67 bits per heavy atom. The highest BCUT2D eigenvalue weighted by Gasteiger charge is 2.16.